The van der Waals surface area contributed by atoms with Crippen molar-refractivity contribution in [3.63, 3.8) is 0 Å². The average molecular weight is 442 g/mol. The maximum absolute atomic E-state index is 13.4. The predicted octanol–water partition coefficient (Wildman–Crippen LogP) is 0.822. The fourth-order valence-corrected chi connectivity index (χ4v) is 3.65. The highest BCUT2D eigenvalue weighted by atomic mass is 127. The molecule has 1 heterocycles. The second kappa shape index (κ2) is 7.66. The van der Waals surface area contributed by atoms with Gasteiger partial charge >= 0.3 is 0 Å². The molecule has 1 saturated heterocycles. The van der Waals surface area contributed by atoms with E-state index in [1.54, 1.807) is 0 Å². The lowest BCUT2D eigenvalue weighted by atomic mass is 10.2. The molecule has 2 rings (SSSR count). The van der Waals surface area contributed by atoms with E-state index in [4.69, 9.17) is 4.74 Å². The van der Waals surface area contributed by atoms with E-state index in [2.05, 4.69) is 5.32 Å². The Labute approximate surface area is 142 Å². The zero-order valence-corrected chi connectivity index (χ0v) is 14.7. The lowest BCUT2D eigenvalue weighted by Crippen LogP contribution is -2.43. The number of rotatable bonds is 5. The van der Waals surface area contributed by atoms with Crippen molar-refractivity contribution in [3.05, 3.63) is 33.1 Å². The summed E-state index contributed by atoms with van der Waals surface area (Å²) in [6.45, 7) is 1.41. The summed E-state index contributed by atoms with van der Waals surface area (Å²) in [5.41, 5.74) is 0.168. The quantitative estimate of drug-likeness (QED) is 0.686. The average Bonchev–Trinajstić information content (AvgIpc) is 2.50. The summed E-state index contributed by atoms with van der Waals surface area (Å²) in [6.07, 6.45) is 0. The van der Waals surface area contributed by atoms with Crippen molar-refractivity contribution >= 4 is 38.5 Å². The van der Waals surface area contributed by atoms with E-state index >= 15 is 0 Å². The molecule has 0 saturated carbocycles. The maximum atomic E-state index is 13.4. The Bertz CT molecular complexity index is 647. The van der Waals surface area contributed by atoms with Gasteiger partial charge in [0.2, 0.25) is 10.0 Å². The van der Waals surface area contributed by atoms with Crippen LogP contribution in [0, 0.1) is 9.39 Å². The Hall–Kier alpha value is -0.780. The molecule has 0 aliphatic carbocycles. The molecular formula is C13H16FIN2O4S. The zero-order valence-electron chi connectivity index (χ0n) is 11.7. The molecule has 1 aromatic carbocycles. The van der Waals surface area contributed by atoms with Crippen LogP contribution in [0.25, 0.3) is 0 Å². The minimum absolute atomic E-state index is 0.0217. The van der Waals surface area contributed by atoms with Crippen LogP contribution in [-0.2, 0) is 14.8 Å². The van der Waals surface area contributed by atoms with E-state index in [9.17, 15) is 17.6 Å². The van der Waals surface area contributed by atoms with Crippen LogP contribution < -0.4 is 5.32 Å². The Morgan fingerprint density at radius 3 is 2.68 bits per heavy atom. The number of nitrogens with one attached hydrogen (secondary N) is 1. The minimum Gasteiger partial charge on any atom is -0.379 e. The Balaban J connectivity index is 1.87. The van der Waals surface area contributed by atoms with Crippen molar-refractivity contribution in [2.45, 2.75) is 0 Å². The van der Waals surface area contributed by atoms with Crippen LogP contribution in [0.5, 0.6) is 0 Å². The molecule has 1 aliphatic rings. The largest absolute Gasteiger partial charge is 0.379 e. The van der Waals surface area contributed by atoms with Crippen LogP contribution >= 0.6 is 22.6 Å². The number of amides is 1. The Morgan fingerprint density at radius 1 is 1.36 bits per heavy atom. The standard InChI is InChI=1S/C13H16FIN2O4S/c14-11-9-10(1-2-12(11)15)13(18)16-3-8-22(19,20)17-4-6-21-7-5-17/h1-2,9H,3-8H2,(H,16,18). The third-order valence-electron chi connectivity index (χ3n) is 3.19. The van der Waals surface area contributed by atoms with Gasteiger partial charge in [-0.3, -0.25) is 4.79 Å². The monoisotopic (exact) mass is 442 g/mol. The van der Waals surface area contributed by atoms with Gasteiger partial charge in [-0.25, -0.2) is 12.8 Å². The molecule has 9 heteroatoms. The molecule has 122 valence electrons. The number of halogens is 2. The van der Waals surface area contributed by atoms with Gasteiger partial charge in [-0.15, -0.1) is 0 Å². The van der Waals surface area contributed by atoms with Crippen molar-refractivity contribution in [1.29, 1.82) is 0 Å². The zero-order chi connectivity index (χ0) is 16.2. The molecule has 6 nitrogen and oxygen atoms in total. The van der Waals surface area contributed by atoms with Crippen molar-refractivity contribution in [3.8, 4) is 0 Å². The maximum Gasteiger partial charge on any atom is 0.251 e. The van der Waals surface area contributed by atoms with E-state index in [0.29, 0.717) is 29.9 Å². The number of carbonyl (C=O) groups excluding carboxylic acids is 1. The molecule has 0 atom stereocenters. The van der Waals surface area contributed by atoms with E-state index in [0.717, 1.165) is 6.07 Å². The lowest BCUT2D eigenvalue weighted by Gasteiger charge is -2.26. The van der Waals surface area contributed by atoms with Gasteiger partial charge in [0.05, 0.1) is 19.0 Å². The molecule has 1 aliphatic heterocycles. The fourth-order valence-electron chi connectivity index (χ4n) is 1.99. The van der Waals surface area contributed by atoms with Gasteiger partial charge in [0.15, 0.2) is 0 Å². The predicted molar refractivity (Wildman–Crippen MR) is 87.6 cm³/mol. The van der Waals surface area contributed by atoms with Crippen LogP contribution in [0.2, 0.25) is 0 Å². The van der Waals surface area contributed by atoms with Crippen molar-refractivity contribution in [1.82, 2.24) is 9.62 Å². The molecule has 1 aromatic rings. The van der Waals surface area contributed by atoms with Crippen LogP contribution in [0.4, 0.5) is 4.39 Å². The highest BCUT2D eigenvalue weighted by molar-refractivity contribution is 14.1. The number of sulfonamides is 1. The summed E-state index contributed by atoms with van der Waals surface area (Å²) in [6, 6.07) is 4.12. The van der Waals surface area contributed by atoms with Crippen LogP contribution in [0.3, 0.4) is 0 Å². The number of hydrogen-bond acceptors (Lipinski definition) is 4. The first-order valence-electron chi connectivity index (χ1n) is 6.69. The summed E-state index contributed by atoms with van der Waals surface area (Å²) < 4.78 is 44.4. The Morgan fingerprint density at radius 2 is 2.05 bits per heavy atom. The van der Waals surface area contributed by atoms with Crippen molar-refractivity contribution in [2.75, 3.05) is 38.6 Å². The van der Waals surface area contributed by atoms with E-state index in [-0.39, 0.29) is 17.9 Å². The number of nitrogens with zero attached hydrogens (tertiary/aromatic N) is 1. The molecule has 1 N–H and O–H groups in total. The number of morpholine rings is 1. The number of benzene rings is 1. The molecule has 0 spiro atoms. The third-order valence-corrected chi connectivity index (χ3v) is 5.94. The molecule has 0 aromatic heterocycles. The summed E-state index contributed by atoms with van der Waals surface area (Å²) in [5, 5.41) is 2.50. The lowest BCUT2D eigenvalue weighted by molar-refractivity contribution is 0.0730. The highest BCUT2D eigenvalue weighted by Crippen LogP contribution is 2.12. The first kappa shape index (κ1) is 17.6. The van der Waals surface area contributed by atoms with Gasteiger partial charge in [0.25, 0.3) is 5.91 Å². The first-order chi connectivity index (χ1) is 10.4. The third kappa shape index (κ3) is 4.61. The molecule has 0 radical (unpaired) electrons. The second-order valence-corrected chi connectivity index (χ2v) is 7.96. The van der Waals surface area contributed by atoms with Gasteiger partial charge in [0.1, 0.15) is 5.82 Å². The minimum atomic E-state index is -3.41. The highest BCUT2D eigenvalue weighted by Gasteiger charge is 2.24. The molecule has 22 heavy (non-hydrogen) atoms. The summed E-state index contributed by atoms with van der Waals surface area (Å²) >= 11 is 1.83. The molecule has 1 amide bonds. The van der Waals surface area contributed by atoms with Gasteiger partial charge in [-0.05, 0) is 40.8 Å². The smallest absolute Gasteiger partial charge is 0.251 e. The molecular weight excluding hydrogens is 426 g/mol. The topological polar surface area (TPSA) is 75.7 Å². The van der Waals surface area contributed by atoms with Crippen molar-refractivity contribution in [2.24, 2.45) is 0 Å². The molecule has 0 bridgehead atoms. The SMILES string of the molecule is O=C(NCCS(=O)(=O)N1CCOCC1)c1ccc(I)c(F)c1. The summed E-state index contributed by atoms with van der Waals surface area (Å²) in [4.78, 5) is 11.9. The molecule has 0 unspecified atom stereocenters. The van der Waals surface area contributed by atoms with Crippen LogP contribution in [0.1, 0.15) is 10.4 Å². The summed E-state index contributed by atoms with van der Waals surface area (Å²) in [7, 11) is -3.41. The van der Waals surface area contributed by atoms with Crippen LogP contribution in [-0.4, -0.2) is 57.2 Å². The van der Waals surface area contributed by atoms with E-state index in [1.165, 1.54) is 16.4 Å². The van der Waals surface area contributed by atoms with Crippen LogP contribution in [0.15, 0.2) is 18.2 Å². The summed E-state index contributed by atoms with van der Waals surface area (Å²) in [5.74, 6) is -1.16. The molecule has 1 fully saturated rings. The van der Waals surface area contributed by atoms with Gasteiger partial charge in [0, 0.05) is 28.8 Å². The van der Waals surface area contributed by atoms with E-state index in [1.807, 2.05) is 22.6 Å². The number of ether oxygens (including phenoxy) is 1. The van der Waals surface area contributed by atoms with Crippen molar-refractivity contribution < 1.29 is 22.3 Å². The van der Waals surface area contributed by atoms with Gasteiger partial charge < -0.3 is 10.1 Å². The fraction of sp³-hybridized carbons (Fsp3) is 0.462. The second-order valence-electron chi connectivity index (χ2n) is 4.71. The Kier molecular flexibility index (Phi) is 6.12. The first-order valence-corrected chi connectivity index (χ1v) is 9.38. The number of hydrogen-bond donors (Lipinski definition) is 1. The normalized spacial score (nSPS) is 16.5. The van der Waals surface area contributed by atoms with Gasteiger partial charge in [-0.1, -0.05) is 0 Å². The van der Waals surface area contributed by atoms with E-state index < -0.39 is 21.7 Å². The number of carbonyl (C=O) groups is 1. The van der Waals surface area contributed by atoms with Gasteiger partial charge in [-0.2, -0.15) is 4.31 Å².